The molecule has 0 saturated carbocycles. The van der Waals surface area contributed by atoms with Gasteiger partial charge in [0.2, 0.25) is 5.91 Å². The number of rotatable bonds is 3. The first kappa shape index (κ1) is 17.6. The Morgan fingerprint density at radius 3 is 2.81 bits per heavy atom. The van der Waals surface area contributed by atoms with Crippen LogP contribution in [0, 0.1) is 0 Å². The normalized spacial score (nSPS) is 19.7. The lowest BCUT2D eigenvalue weighted by Gasteiger charge is -2.29. The summed E-state index contributed by atoms with van der Waals surface area (Å²) in [7, 11) is 0. The molecule has 5 nitrogen and oxygen atoms in total. The van der Waals surface area contributed by atoms with Gasteiger partial charge in [0.15, 0.2) is 0 Å². The quantitative estimate of drug-likeness (QED) is 0.921. The molecule has 2 aliphatic heterocycles. The Balaban J connectivity index is 1.38. The highest BCUT2D eigenvalue weighted by molar-refractivity contribution is 5.85. The molecular weight excluding hydrogens is 324 g/mol. The van der Waals surface area contributed by atoms with Gasteiger partial charge in [0.05, 0.1) is 6.54 Å². The molecule has 26 heavy (non-hydrogen) atoms. The summed E-state index contributed by atoms with van der Waals surface area (Å²) in [4.78, 5) is 23.2. The highest BCUT2D eigenvalue weighted by Gasteiger charge is 2.25. The molecule has 2 aliphatic rings. The van der Waals surface area contributed by atoms with Crippen LogP contribution in [0.2, 0.25) is 0 Å². The van der Waals surface area contributed by atoms with E-state index in [4.69, 9.17) is 0 Å². The SMILES string of the molecule is CC(C)N1CCCN(C(=O)CN2CCc3c([nH]c4ccccc34)C2)CC1. The van der Waals surface area contributed by atoms with E-state index in [1.54, 1.807) is 0 Å². The number of hydrogen-bond donors (Lipinski definition) is 1. The standard InChI is InChI=1S/C21H30N4O/c1-16(2)24-9-5-10-25(13-12-24)21(26)15-23-11-8-18-17-6-3-4-7-19(17)22-20(18)14-23/h3-4,6-7,16,22H,5,8-15H2,1-2H3. The van der Waals surface area contributed by atoms with Gasteiger partial charge in [0.25, 0.3) is 0 Å². The summed E-state index contributed by atoms with van der Waals surface area (Å²) in [5.74, 6) is 0.287. The maximum atomic E-state index is 12.8. The van der Waals surface area contributed by atoms with Gasteiger partial charge in [-0.25, -0.2) is 0 Å². The summed E-state index contributed by atoms with van der Waals surface area (Å²) in [5.41, 5.74) is 3.94. The third kappa shape index (κ3) is 3.51. The third-order valence-electron chi connectivity index (χ3n) is 5.93. The van der Waals surface area contributed by atoms with Gasteiger partial charge < -0.3 is 9.88 Å². The molecule has 1 saturated heterocycles. The highest BCUT2D eigenvalue weighted by atomic mass is 16.2. The van der Waals surface area contributed by atoms with Crippen LogP contribution in [-0.2, 0) is 17.8 Å². The van der Waals surface area contributed by atoms with Crippen LogP contribution >= 0.6 is 0 Å². The Morgan fingerprint density at radius 1 is 1.12 bits per heavy atom. The van der Waals surface area contributed by atoms with Crippen molar-refractivity contribution in [3.8, 4) is 0 Å². The minimum Gasteiger partial charge on any atom is -0.357 e. The number of benzene rings is 1. The van der Waals surface area contributed by atoms with Gasteiger partial charge in [0.1, 0.15) is 0 Å². The van der Waals surface area contributed by atoms with E-state index >= 15 is 0 Å². The molecule has 2 aromatic rings. The van der Waals surface area contributed by atoms with Gasteiger partial charge in [-0.05, 0) is 38.3 Å². The zero-order valence-electron chi connectivity index (χ0n) is 16.0. The van der Waals surface area contributed by atoms with E-state index in [1.165, 1.54) is 22.2 Å². The van der Waals surface area contributed by atoms with Crippen molar-refractivity contribution in [1.82, 2.24) is 19.7 Å². The van der Waals surface area contributed by atoms with E-state index in [-0.39, 0.29) is 5.91 Å². The molecule has 1 aromatic heterocycles. The fraction of sp³-hybridized carbons (Fsp3) is 0.571. The third-order valence-corrected chi connectivity index (χ3v) is 5.93. The first-order valence-electron chi connectivity index (χ1n) is 9.94. The van der Waals surface area contributed by atoms with Crippen LogP contribution in [0.25, 0.3) is 10.9 Å². The monoisotopic (exact) mass is 354 g/mol. The summed E-state index contributed by atoms with van der Waals surface area (Å²) in [5, 5.41) is 1.34. The van der Waals surface area contributed by atoms with Crippen molar-refractivity contribution in [2.75, 3.05) is 39.3 Å². The molecule has 3 heterocycles. The number of carbonyl (C=O) groups is 1. The lowest BCUT2D eigenvalue weighted by atomic mass is 10.0. The molecule has 0 radical (unpaired) electrons. The number of nitrogens with zero attached hydrogens (tertiary/aromatic N) is 3. The van der Waals surface area contributed by atoms with E-state index in [0.717, 1.165) is 52.1 Å². The van der Waals surface area contributed by atoms with Crippen LogP contribution in [0.4, 0.5) is 0 Å². The second-order valence-corrected chi connectivity index (χ2v) is 7.95. The molecule has 5 heteroatoms. The first-order valence-corrected chi connectivity index (χ1v) is 9.94. The second-order valence-electron chi connectivity index (χ2n) is 7.95. The second kappa shape index (κ2) is 7.41. The zero-order valence-corrected chi connectivity index (χ0v) is 16.0. The minimum atomic E-state index is 0.287. The van der Waals surface area contributed by atoms with E-state index in [2.05, 4.69) is 57.8 Å². The average molecular weight is 354 g/mol. The van der Waals surface area contributed by atoms with Crippen LogP contribution in [-0.4, -0.2) is 70.9 Å². The van der Waals surface area contributed by atoms with Gasteiger partial charge in [-0.3, -0.25) is 14.6 Å². The van der Waals surface area contributed by atoms with Crippen molar-refractivity contribution in [2.24, 2.45) is 0 Å². The Labute approximate surface area is 155 Å². The zero-order chi connectivity index (χ0) is 18.1. The molecule has 1 fully saturated rings. The Morgan fingerprint density at radius 2 is 1.96 bits per heavy atom. The lowest BCUT2D eigenvalue weighted by molar-refractivity contribution is -0.132. The predicted molar refractivity (Wildman–Crippen MR) is 105 cm³/mol. The van der Waals surface area contributed by atoms with E-state index in [9.17, 15) is 4.79 Å². The van der Waals surface area contributed by atoms with Crippen LogP contribution in [0.15, 0.2) is 24.3 Å². The first-order chi connectivity index (χ1) is 12.6. The molecule has 0 unspecified atom stereocenters. The lowest BCUT2D eigenvalue weighted by Crippen LogP contribution is -2.43. The van der Waals surface area contributed by atoms with Crippen molar-refractivity contribution in [3.05, 3.63) is 35.5 Å². The predicted octanol–water partition coefficient (Wildman–Crippen LogP) is 2.47. The van der Waals surface area contributed by atoms with Gasteiger partial charge in [-0.15, -0.1) is 0 Å². The van der Waals surface area contributed by atoms with E-state index < -0.39 is 0 Å². The van der Waals surface area contributed by atoms with E-state index in [1.807, 2.05) is 0 Å². The van der Waals surface area contributed by atoms with Crippen molar-refractivity contribution in [2.45, 2.75) is 39.3 Å². The molecule has 0 aliphatic carbocycles. The summed E-state index contributed by atoms with van der Waals surface area (Å²) in [6, 6.07) is 9.08. The fourth-order valence-corrected chi connectivity index (χ4v) is 4.38. The van der Waals surface area contributed by atoms with Crippen LogP contribution in [0.5, 0.6) is 0 Å². The molecule has 0 atom stereocenters. The topological polar surface area (TPSA) is 42.6 Å². The number of para-hydroxylation sites is 1. The largest absolute Gasteiger partial charge is 0.357 e. The Hall–Kier alpha value is -1.85. The number of carbonyl (C=O) groups excluding carboxylic acids is 1. The number of hydrogen-bond acceptors (Lipinski definition) is 3. The van der Waals surface area contributed by atoms with Gasteiger partial charge >= 0.3 is 0 Å². The maximum absolute atomic E-state index is 12.8. The molecule has 1 aromatic carbocycles. The van der Waals surface area contributed by atoms with Gasteiger partial charge in [-0.1, -0.05) is 18.2 Å². The number of fused-ring (bicyclic) bond motifs is 3. The summed E-state index contributed by atoms with van der Waals surface area (Å²) in [6.07, 6.45) is 2.10. The summed E-state index contributed by atoms with van der Waals surface area (Å²) in [6.45, 7) is 10.7. The number of amides is 1. The summed E-state index contributed by atoms with van der Waals surface area (Å²) < 4.78 is 0. The Kier molecular flexibility index (Phi) is 5.00. The van der Waals surface area contributed by atoms with Crippen molar-refractivity contribution in [3.63, 3.8) is 0 Å². The Bertz CT molecular complexity index is 781. The molecule has 1 amide bonds. The van der Waals surface area contributed by atoms with Crippen molar-refractivity contribution >= 4 is 16.8 Å². The smallest absolute Gasteiger partial charge is 0.236 e. The molecular formula is C21H30N4O. The minimum absolute atomic E-state index is 0.287. The number of aromatic amines is 1. The van der Waals surface area contributed by atoms with Crippen molar-refractivity contribution < 1.29 is 4.79 Å². The highest BCUT2D eigenvalue weighted by Crippen LogP contribution is 2.27. The van der Waals surface area contributed by atoms with Crippen LogP contribution in [0.3, 0.4) is 0 Å². The maximum Gasteiger partial charge on any atom is 0.236 e. The fourth-order valence-electron chi connectivity index (χ4n) is 4.38. The van der Waals surface area contributed by atoms with Gasteiger partial charge in [0, 0.05) is 61.9 Å². The van der Waals surface area contributed by atoms with E-state index in [0.29, 0.717) is 12.6 Å². The molecule has 0 spiro atoms. The molecule has 0 bridgehead atoms. The number of aromatic nitrogens is 1. The molecule has 1 N–H and O–H groups in total. The average Bonchev–Trinajstić information content (AvgIpc) is 2.81. The molecule has 140 valence electrons. The van der Waals surface area contributed by atoms with Crippen LogP contribution in [0.1, 0.15) is 31.5 Å². The number of nitrogens with one attached hydrogen (secondary N) is 1. The van der Waals surface area contributed by atoms with Gasteiger partial charge in [-0.2, -0.15) is 0 Å². The number of H-pyrrole nitrogens is 1. The van der Waals surface area contributed by atoms with Crippen molar-refractivity contribution in [1.29, 1.82) is 0 Å². The molecule has 4 rings (SSSR count). The van der Waals surface area contributed by atoms with Crippen LogP contribution < -0.4 is 0 Å². The summed E-state index contributed by atoms with van der Waals surface area (Å²) >= 11 is 0.